The van der Waals surface area contributed by atoms with Gasteiger partial charge < -0.3 is 10.2 Å². The number of hydrogen-bond acceptors (Lipinski definition) is 2. The molecular weight excluding hydrogens is 296 g/mol. The van der Waals surface area contributed by atoms with Crippen LogP contribution in [0, 0.1) is 0 Å². The van der Waals surface area contributed by atoms with Crippen LogP contribution in [-0.2, 0) is 11.2 Å². The van der Waals surface area contributed by atoms with Gasteiger partial charge in [0.2, 0.25) is 5.91 Å². The molecule has 0 spiro atoms. The fourth-order valence-electron chi connectivity index (χ4n) is 2.87. The van der Waals surface area contributed by atoms with Crippen LogP contribution in [0.1, 0.15) is 24.1 Å². The highest BCUT2D eigenvalue weighted by molar-refractivity contribution is 6.30. The lowest BCUT2D eigenvalue weighted by atomic mass is 10.1. The summed E-state index contributed by atoms with van der Waals surface area (Å²) in [5.74, 6) is 0.0409. The molecule has 0 aliphatic carbocycles. The van der Waals surface area contributed by atoms with E-state index in [1.807, 2.05) is 43.3 Å². The Bertz CT molecular complexity index is 669. The largest absolute Gasteiger partial charge is 0.362 e. The van der Waals surface area contributed by atoms with Crippen LogP contribution in [-0.4, -0.2) is 19.0 Å². The molecule has 1 amide bonds. The maximum atomic E-state index is 12.3. The molecule has 0 fully saturated rings. The smallest absolute Gasteiger partial charge is 0.239 e. The molecule has 0 radical (unpaired) electrons. The van der Waals surface area contributed by atoms with Gasteiger partial charge in [0.05, 0.1) is 12.6 Å². The number of anilines is 1. The Balaban J connectivity index is 1.60. The average molecular weight is 315 g/mol. The van der Waals surface area contributed by atoms with Crippen molar-refractivity contribution < 1.29 is 4.79 Å². The Morgan fingerprint density at radius 3 is 2.73 bits per heavy atom. The van der Waals surface area contributed by atoms with Crippen LogP contribution < -0.4 is 10.2 Å². The van der Waals surface area contributed by atoms with E-state index in [-0.39, 0.29) is 11.9 Å². The van der Waals surface area contributed by atoms with Gasteiger partial charge in [-0.1, -0.05) is 41.9 Å². The minimum atomic E-state index is -0.0254. The van der Waals surface area contributed by atoms with E-state index in [1.165, 1.54) is 11.3 Å². The molecule has 0 bridgehead atoms. The van der Waals surface area contributed by atoms with Gasteiger partial charge in [-0.3, -0.25) is 4.79 Å². The summed E-state index contributed by atoms with van der Waals surface area (Å²) in [5.41, 5.74) is 3.55. The summed E-state index contributed by atoms with van der Waals surface area (Å²) in [4.78, 5) is 14.4. The molecule has 3 rings (SSSR count). The molecule has 1 heterocycles. The van der Waals surface area contributed by atoms with Crippen molar-refractivity contribution in [2.75, 3.05) is 18.0 Å². The first kappa shape index (κ1) is 14.9. The molecule has 2 aromatic rings. The molecule has 0 saturated heterocycles. The number of para-hydroxylation sites is 1. The third-order valence-corrected chi connectivity index (χ3v) is 4.32. The van der Waals surface area contributed by atoms with E-state index < -0.39 is 0 Å². The Labute approximate surface area is 135 Å². The zero-order chi connectivity index (χ0) is 15.5. The van der Waals surface area contributed by atoms with E-state index in [2.05, 4.69) is 22.3 Å². The van der Waals surface area contributed by atoms with Gasteiger partial charge in [-0.25, -0.2) is 0 Å². The molecule has 1 atom stereocenters. The number of nitrogens with one attached hydrogen (secondary N) is 1. The van der Waals surface area contributed by atoms with Crippen molar-refractivity contribution in [1.82, 2.24) is 5.32 Å². The van der Waals surface area contributed by atoms with E-state index in [1.54, 1.807) is 0 Å². The first-order valence-electron chi connectivity index (χ1n) is 7.51. The summed E-state index contributed by atoms with van der Waals surface area (Å²) in [6, 6.07) is 15.8. The number of hydrogen-bond donors (Lipinski definition) is 1. The van der Waals surface area contributed by atoms with Crippen LogP contribution in [0.2, 0.25) is 5.02 Å². The van der Waals surface area contributed by atoms with Crippen molar-refractivity contribution in [3.63, 3.8) is 0 Å². The molecule has 0 aromatic heterocycles. The number of halogens is 1. The summed E-state index contributed by atoms with van der Waals surface area (Å²) in [5, 5.41) is 3.75. The molecule has 1 aliphatic heterocycles. The van der Waals surface area contributed by atoms with E-state index in [4.69, 9.17) is 11.6 Å². The average Bonchev–Trinajstić information content (AvgIpc) is 2.91. The highest BCUT2D eigenvalue weighted by Crippen LogP contribution is 2.27. The van der Waals surface area contributed by atoms with E-state index in [0.29, 0.717) is 11.6 Å². The van der Waals surface area contributed by atoms with Gasteiger partial charge in [0, 0.05) is 17.3 Å². The van der Waals surface area contributed by atoms with E-state index >= 15 is 0 Å². The SMILES string of the molecule is C[C@@H](NC(=O)CN1CCc2ccccc21)c1ccc(Cl)cc1. The summed E-state index contributed by atoms with van der Waals surface area (Å²) in [6.45, 7) is 3.29. The van der Waals surface area contributed by atoms with Gasteiger partial charge in [0.1, 0.15) is 0 Å². The van der Waals surface area contributed by atoms with Crippen LogP contribution in [0.15, 0.2) is 48.5 Å². The predicted molar refractivity (Wildman–Crippen MR) is 90.4 cm³/mol. The van der Waals surface area contributed by atoms with Crippen LogP contribution in [0.3, 0.4) is 0 Å². The number of rotatable bonds is 4. The second-order valence-corrected chi connectivity index (χ2v) is 6.08. The lowest BCUT2D eigenvalue weighted by Crippen LogP contribution is -2.37. The fourth-order valence-corrected chi connectivity index (χ4v) is 2.99. The number of fused-ring (bicyclic) bond motifs is 1. The maximum Gasteiger partial charge on any atom is 0.239 e. The second kappa shape index (κ2) is 6.41. The lowest BCUT2D eigenvalue weighted by molar-refractivity contribution is -0.120. The van der Waals surface area contributed by atoms with Crippen LogP contribution >= 0.6 is 11.6 Å². The molecule has 2 aromatic carbocycles. The van der Waals surface area contributed by atoms with E-state index in [0.717, 1.165) is 18.5 Å². The third-order valence-electron chi connectivity index (χ3n) is 4.07. The molecule has 1 aliphatic rings. The molecular formula is C18H19ClN2O. The molecule has 0 unspecified atom stereocenters. The summed E-state index contributed by atoms with van der Waals surface area (Å²) < 4.78 is 0. The topological polar surface area (TPSA) is 32.3 Å². The van der Waals surface area contributed by atoms with Crippen molar-refractivity contribution in [3.05, 3.63) is 64.7 Å². The number of carbonyl (C=O) groups excluding carboxylic acids is 1. The molecule has 114 valence electrons. The van der Waals surface area contributed by atoms with Gasteiger partial charge in [0.25, 0.3) is 0 Å². The standard InChI is InChI=1S/C18H19ClN2O/c1-13(14-6-8-16(19)9-7-14)20-18(22)12-21-11-10-15-4-2-3-5-17(15)21/h2-9,13H,10-12H2,1H3,(H,20,22)/t13-/m1/s1. The normalized spacial score (nSPS) is 14.5. The van der Waals surface area contributed by atoms with Gasteiger partial charge in [-0.2, -0.15) is 0 Å². The van der Waals surface area contributed by atoms with Gasteiger partial charge in [-0.15, -0.1) is 0 Å². The van der Waals surface area contributed by atoms with E-state index in [9.17, 15) is 4.79 Å². The number of benzene rings is 2. The zero-order valence-corrected chi connectivity index (χ0v) is 13.3. The Morgan fingerprint density at radius 1 is 1.23 bits per heavy atom. The van der Waals surface area contributed by atoms with Gasteiger partial charge in [-0.05, 0) is 42.7 Å². The monoisotopic (exact) mass is 314 g/mol. The Morgan fingerprint density at radius 2 is 1.95 bits per heavy atom. The molecule has 4 heteroatoms. The molecule has 3 nitrogen and oxygen atoms in total. The van der Waals surface area contributed by atoms with Crippen LogP contribution in [0.25, 0.3) is 0 Å². The number of nitrogens with zero attached hydrogens (tertiary/aromatic N) is 1. The Hall–Kier alpha value is -2.00. The van der Waals surface area contributed by atoms with Crippen molar-refractivity contribution in [3.8, 4) is 0 Å². The van der Waals surface area contributed by atoms with Gasteiger partial charge in [0.15, 0.2) is 0 Å². The molecule has 0 saturated carbocycles. The van der Waals surface area contributed by atoms with Crippen molar-refractivity contribution >= 4 is 23.2 Å². The quantitative estimate of drug-likeness (QED) is 0.935. The first-order chi connectivity index (χ1) is 10.6. The highest BCUT2D eigenvalue weighted by atomic mass is 35.5. The molecule has 1 N–H and O–H groups in total. The Kier molecular flexibility index (Phi) is 4.34. The fraction of sp³-hybridized carbons (Fsp3) is 0.278. The predicted octanol–water partition coefficient (Wildman–Crippen LogP) is 3.58. The number of amides is 1. The summed E-state index contributed by atoms with van der Waals surface area (Å²) in [6.07, 6.45) is 1.01. The van der Waals surface area contributed by atoms with Crippen molar-refractivity contribution in [1.29, 1.82) is 0 Å². The summed E-state index contributed by atoms with van der Waals surface area (Å²) in [7, 11) is 0. The number of carbonyl (C=O) groups is 1. The first-order valence-corrected chi connectivity index (χ1v) is 7.89. The third kappa shape index (κ3) is 3.25. The minimum absolute atomic E-state index is 0.0254. The lowest BCUT2D eigenvalue weighted by Gasteiger charge is -2.21. The van der Waals surface area contributed by atoms with Gasteiger partial charge >= 0.3 is 0 Å². The zero-order valence-electron chi connectivity index (χ0n) is 12.6. The van der Waals surface area contributed by atoms with Crippen molar-refractivity contribution in [2.45, 2.75) is 19.4 Å². The maximum absolute atomic E-state index is 12.3. The molecule has 22 heavy (non-hydrogen) atoms. The highest BCUT2D eigenvalue weighted by Gasteiger charge is 2.21. The van der Waals surface area contributed by atoms with Crippen LogP contribution in [0.4, 0.5) is 5.69 Å². The minimum Gasteiger partial charge on any atom is -0.362 e. The van der Waals surface area contributed by atoms with Crippen LogP contribution in [0.5, 0.6) is 0 Å². The second-order valence-electron chi connectivity index (χ2n) is 5.64. The van der Waals surface area contributed by atoms with Crippen molar-refractivity contribution in [2.24, 2.45) is 0 Å². The summed E-state index contributed by atoms with van der Waals surface area (Å²) >= 11 is 5.89.